The number of carbonyl (C=O) groups excluding carboxylic acids is 2. The van der Waals surface area contributed by atoms with Crippen LogP contribution < -0.4 is 5.32 Å². The number of carboxylic acids is 1. The van der Waals surface area contributed by atoms with Crippen molar-refractivity contribution in [2.24, 2.45) is 5.92 Å². The smallest absolute Gasteiger partial charge is 0.326 e. The van der Waals surface area contributed by atoms with Crippen molar-refractivity contribution in [1.29, 1.82) is 0 Å². The number of carbonyl (C=O) groups is 3. The first-order valence-corrected chi connectivity index (χ1v) is 7.29. The Kier molecular flexibility index (Phi) is 7.21. The topological polar surface area (TPSA) is 113 Å². The number of rotatable bonds is 8. The lowest BCUT2D eigenvalue weighted by molar-refractivity contribution is -0.149. The summed E-state index contributed by atoms with van der Waals surface area (Å²) < 4.78 is 4.81. The molecule has 0 aliphatic heterocycles. The number of aliphatic hydroxyl groups excluding tert-OH is 1. The maximum atomic E-state index is 12.0. The molecule has 0 aromatic heterocycles. The summed E-state index contributed by atoms with van der Waals surface area (Å²) in [5.74, 6) is -3.34. The fraction of sp³-hybridized carbons (Fsp3) is 0.438. The number of aliphatic hydroxyl groups is 1. The highest BCUT2D eigenvalue weighted by molar-refractivity contribution is 5.87. The standard InChI is InChI=1S/C16H21NO6/c1-3-23-16(22)10(2)9-12(15(20)21)17-14(19)13(18)11-7-5-4-6-8-11/h4-8,10,12-13,18H,3,9H2,1-2H3,(H,17,19)(H,20,21)/t10-,12+,13-/m0/s1. The van der Waals surface area contributed by atoms with Gasteiger partial charge in [0.05, 0.1) is 12.5 Å². The van der Waals surface area contributed by atoms with Crippen molar-refractivity contribution >= 4 is 17.8 Å². The van der Waals surface area contributed by atoms with E-state index in [9.17, 15) is 24.6 Å². The van der Waals surface area contributed by atoms with Gasteiger partial charge in [-0.3, -0.25) is 9.59 Å². The normalized spacial score (nSPS) is 14.4. The quantitative estimate of drug-likeness (QED) is 0.612. The molecule has 0 aliphatic rings. The number of hydrogen-bond donors (Lipinski definition) is 3. The van der Waals surface area contributed by atoms with Gasteiger partial charge >= 0.3 is 11.9 Å². The Morgan fingerprint density at radius 1 is 1.22 bits per heavy atom. The molecule has 0 radical (unpaired) electrons. The fourth-order valence-electron chi connectivity index (χ4n) is 1.99. The first-order valence-electron chi connectivity index (χ1n) is 7.29. The van der Waals surface area contributed by atoms with E-state index in [1.54, 1.807) is 37.3 Å². The lowest BCUT2D eigenvalue weighted by Gasteiger charge is -2.20. The van der Waals surface area contributed by atoms with Crippen LogP contribution in [0.4, 0.5) is 0 Å². The SMILES string of the molecule is CCOC(=O)[C@@H](C)C[C@@H](NC(=O)[C@@H](O)c1ccccc1)C(=O)O. The molecule has 1 aromatic carbocycles. The maximum absolute atomic E-state index is 12.0. The van der Waals surface area contributed by atoms with Crippen molar-refractivity contribution in [3.05, 3.63) is 35.9 Å². The van der Waals surface area contributed by atoms with Crippen LogP contribution in [-0.4, -0.2) is 40.7 Å². The Morgan fingerprint density at radius 2 is 1.83 bits per heavy atom. The van der Waals surface area contributed by atoms with Crippen molar-refractivity contribution in [2.75, 3.05) is 6.61 Å². The second kappa shape index (κ2) is 8.89. The van der Waals surface area contributed by atoms with E-state index in [-0.39, 0.29) is 13.0 Å². The van der Waals surface area contributed by atoms with Crippen LogP contribution in [0.1, 0.15) is 31.9 Å². The zero-order valence-corrected chi connectivity index (χ0v) is 13.1. The van der Waals surface area contributed by atoms with Gasteiger partial charge < -0.3 is 20.3 Å². The zero-order valence-electron chi connectivity index (χ0n) is 13.1. The summed E-state index contributed by atoms with van der Waals surface area (Å²) in [6, 6.07) is 6.87. The number of nitrogens with one attached hydrogen (secondary N) is 1. The van der Waals surface area contributed by atoms with Crippen LogP contribution in [0.5, 0.6) is 0 Å². The molecule has 0 aliphatic carbocycles. The largest absolute Gasteiger partial charge is 0.480 e. The molecule has 0 bridgehead atoms. The number of carboxylic acid groups (broad SMARTS) is 1. The van der Waals surface area contributed by atoms with Crippen molar-refractivity contribution in [1.82, 2.24) is 5.32 Å². The van der Waals surface area contributed by atoms with Gasteiger partial charge in [-0.1, -0.05) is 37.3 Å². The molecule has 3 atom stereocenters. The van der Waals surface area contributed by atoms with Gasteiger partial charge in [0.15, 0.2) is 6.10 Å². The van der Waals surface area contributed by atoms with E-state index in [2.05, 4.69) is 5.32 Å². The molecule has 126 valence electrons. The van der Waals surface area contributed by atoms with Crippen molar-refractivity contribution in [3.8, 4) is 0 Å². The number of benzene rings is 1. The predicted octanol–water partition coefficient (Wildman–Crippen LogP) is 0.879. The number of ether oxygens (including phenoxy) is 1. The predicted molar refractivity (Wildman–Crippen MR) is 81.4 cm³/mol. The monoisotopic (exact) mass is 323 g/mol. The van der Waals surface area contributed by atoms with E-state index in [1.165, 1.54) is 6.92 Å². The molecule has 1 aromatic rings. The Hall–Kier alpha value is -2.41. The van der Waals surface area contributed by atoms with Crippen LogP contribution in [0.3, 0.4) is 0 Å². The molecule has 7 heteroatoms. The molecule has 23 heavy (non-hydrogen) atoms. The fourth-order valence-corrected chi connectivity index (χ4v) is 1.99. The van der Waals surface area contributed by atoms with E-state index in [0.717, 1.165) is 0 Å². The number of aliphatic carboxylic acids is 1. The third-order valence-corrected chi connectivity index (χ3v) is 3.26. The summed E-state index contributed by atoms with van der Waals surface area (Å²) in [6.45, 7) is 3.37. The molecule has 0 saturated carbocycles. The molecule has 3 N–H and O–H groups in total. The third-order valence-electron chi connectivity index (χ3n) is 3.26. The van der Waals surface area contributed by atoms with Crippen LogP contribution >= 0.6 is 0 Å². The van der Waals surface area contributed by atoms with Gasteiger partial charge in [0, 0.05) is 0 Å². The van der Waals surface area contributed by atoms with E-state index in [1.807, 2.05) is 0 Å². The molecular formula is C16H21NO6. The van der Waals surface area contributed by atoms with Gasteiger partial charge in [0.25, 0.3) is 5.91 Å². The molecule has 0 fully saturated rings. The van der Waals surface area contributed by atoms with Crippen LogP contribution in [0, 0.1) is 5.92 Å². The molecule has 0 spiro atoms. The minimum atomic E-state index is -1.48. The molecule has 0 saturated heterocycles. The summed E-state index contributed by atoms with van der Waals surface area (Å²) in [7, 11) is 0. The second-order valence-electron chi connectivity index (χ2n) is 5.10. The van der Waals surface area contributed by atoms with Crippen LogP contribution in [0.2, 0.25) is 0 Å². The van der Waals surface area contributed by atoms with Crippen LogP contribution in [-0.2, 0) is 19.1 Å². The highest BCUT2D eigenvalue weighted by Crippen LogP contribution is 2.14. The highest BCUT2D eigenvalue weighted by atomic mass is 16.5. The summed E-state index contributed by atoms with van der Waals surface area (Å²) in [6.07, 6.45) is -1.60. The van der Waals surface area contributed by atoms with Crippen molar-refractivity contribution < 1.29 is 29.3 Å². The Labute approximate surface area is 134 Å². The summed E-state index contributed by atoms with van der Waals surface area (Å²) in [5, 5.41) is 21.4. The van der Waals surface area contributed by atoms with Crippen LogP contribution in [0.15, 0.2) is 30.3 Å². The molecular weight excluding hydrogens is 302 g/mol. The Bertz CT molecular complexity index is 545. The lowest BCUT2D eigenvalue weighted by Crippen LogP contribution is -2.44. The Balaban J connectivity index is 2.70. The first-order chi connectivity index (χ1) is 10.9. The molecule has 0 unspecified atom stereocenters. The van der Waals surface area contributed by atoms with E-state index in [0.29, 0.717) is 5.56 Å². The van der Waals surface area contributed by atoms with Gasteiger partial charge in [-0.2, -0.15) is 0 Å². The average Bonchev–Trinajstić information content (AvgIpc) is 2.54. The minimum Gasteiger partial charge on any atom is -0.480 e. The van der Waals surface area contributed by atoms with Gasteiger partial charge in [-0.15, -0.1) is 0 Å². The number of amides is 1. The minimum absolute atomic E-state index is 0.124. The Morgan fingerprint density at radius 3 is 2.35 bits per heavy atom. The van der Waals surface area contributed by atoms with Gasteiger partial charge in [-0.05, 0) is 18.9 Å². The second-order valence-corrected chi connectivity index (χ2v) is 5.10. The summed E-state index contributed by atoms with van der Waals surface area (Å²) in [5.41, 5.74) is 0.354. The zero-order chi connectivity index (χ0) is 17.4. The number of hydrogen-bond acceptors (Lipinski definition) is 5. The van der Waals surface area contributed by atoms with Gasteiger partial charge in [0.1, 0.15) is 6.04 Å². The highest BCUT2D eigenvalue weighted by Gasteiger charge is 2.28. The van der Waals surface area contributed by atoms with Crippen molar-refractivity contribution in [2.45, 2.75) is 32.4 Å². The molecule has 1 amide bonds. The van der Waals surface area contributed by atoms with E-state index < -0.39 is 35.9 Å². The molecule has 1 rings (SSSR count). The summed E-state index contributed by atoms with van der Waals surface area (Å²) >= 11 is 0. The average molecular weight is 323 g/mol. The van der Waals surface area contributed by atoms with E-state index >= 15 is 0 Å². The lowest BCUT2D eigenvalue weighted by atomic mass is 10.0. The van der Waals surface area contributed by atoms with Gasteiger partial charge in [-0.25, -0.2) is 4.79 Å². The van der Waals surface area contributed by atoms with Gasteiger partial charge in [0.2, 0.25) is 0 Å². The number of esters is 1. The first kappa shape index (κ1) is 18.6. The van der Waals surface area contributed by atoms with Crippen molar-refractivity contribution in [3.63, 3.8) is 0 Å². The van der Waals surface area contributed by atoms with E-state index in [4.69, 9.17) is 4.74 Å². The molecule has 0 heterocycles. The molecule has 7 nitrogen and oxygen atoms in total. The third kappa shape index (κ3) is 5.71. The summed E-state index contributed by atoms with van der Waals surface area (Å²) in [4.78, 5) is 34.8. The maximum Gasteiger partial charge on any atom is 0.326 e. The van der Waals surface area contributed by atoms with Crippen LogP contribution in [0.25, 0.3) is 0 Å².